The van der Waals surface area contributed by atoms with Gasteiger partial charge in [0.05, 0.1) is 28.4 Å². The van der Waals surface area contributed by atoms with Gasteiger partial charge in [0, 0.05) is 0 Å². The first kappa shape index (κ1) is 18.6. The van der Waals surface area contributed by atoms with E-state index in [-0.39, 0.29) is 0 Å². The van der Waals surface area contributed by atoms with Gasteiger partial charge in [-0.05, 0) is 64.2 Å². The molecule has 0 heterocycles. The minimum atomic E-state index is 0.681. The van der Waals surface area contributed by atoms with E-state index in [2.05, 4.69) is 25.6 Å². The highest BCUT2D eigenvalue weighted by Gasteiger charge is 2.15. The Balaban J connectivity index is 2.29. The van der Waals surface area contributed by atoms with Gasteiger partial charge in [0.1, 0.15) is 0 Å². The normalized spacial score (nSPS) is 10.6. The average molecular weight is 364 g/mol. The van der Waals surface area contributed by atoms with Gasteiger partial charge in [0.25, 0.3) is 0 Å². The molecule has 0 aromatic heterocycles. The molecule has 3 rings (SSSR count). The summed E-state index contributed by atoms with van der Waals surface area (Å²) < 4.78 is 21.8. The van der Waals surface area contributed by atoms with Crippen LogP contribution in [0.4, 0.5) is 0 Å². The molecule has 0 N–H and O–H groups in total. The lowest BCUT2D eigenvalue weighted by Gasteiger charge is -2.17. The van der Waals surface area contributed by atoms with E-state index in [1.165, 1.54) is 0 Å². The maximum absolute atomic E-state index is 5.50. The number of rotatable bonds is 6. The quantitative estimate of drug-likeness (QED) is 0.579. The molecule has 3 aromatic rings. The first-order chi connectivity index (χ1) is 13.1. The molecule has 0 radical (unpaired) electrons. The van der Waals surface area contributed by atoms with Gasteiger partial charge in [-0.2, -0.15) is 0 Å². The molecule has 0 fully saturated rings. The number of methoxy groups -OCH3 is 4. The summed E-state index contributed by atoms with van der Waals surface area (Å²) in [6, 6.07) is 12.1. The molecule has 0 atom stereocenters. The zero-order chi connectivity index (χ0) is 19.6. The molecule has 3 aromatic carbocycles. The smallest absolute Gasteiger partial charge is 0.161 e. The maximum atomic E-state index is 5.50. The Morgan fingerprint density at radius 1 is 0.704 bits per heavy atom. The van der Waals surface area contributed by atoms with E-state index in [0.29, 0.717) is 17.2 Å². The largest absolute Gasteiger partial charge is 0.493 e. The Morgan fingerprint density at radius 2 is 1.26 bits per heavy atom. The van der Waals surface area contributed by atoms with Crippen LogP contribution in [0.5, 0.6) is 23.0 Å². The molecule has 0 aliphatic carbocycles. The topological polar surface area (TPSA) is 36.9 Å². The molecule has 0 aliphatic heterocycles. The fourth-order valence-corrected chi connectivity index (χ4v) is 3.39. The van der Waals surface area contributed by atoms with Gasteiger partial charge < -0.3 is 18.9 Å². The lowest BCUT2D eigenvalue weighted by atomic mass is 9.91. The van der Waals surface area contributed by atoms with Crippen LogP contribution in [0.25, 0.3) is 28.0 Å². The van der Waals surface area contributed by atoms with Crippen LogP contribution in [-0.2, 0) is 0 Å². The summed E-state index contributed by atoms with van der Waals surface area (Å²) in [7, 11) is 6.56. The van der Waals surface area contributed by atoms with Gasteiger partial charge in [0.2, 0.25) is 0 Å². The van der Waals surface area contributed by atoms with Crippen molar-refractivity contribution in [1.29, 1.82) is 0 Å². The Hall–Kier alpha value is -3.14. The second-order valence-corrected chi connectivity index (χ2v) is 6.17. The van der Waals surface area contributed by atoms with Crippen molar-refractivity contribution in [3.8, 4) is 34.1 Å². The van der Waals surface area contributed by atoms with Crippen molar-refractivity contribution < 1.29 is 18.9 Å². The van der Waals surface area contributed by atoms with Gasteiger partial charge in [-0.15, -0.1) is 0 Å². The summed E-state index contributed by atoms with van der Waals surface area (Å²) >= 11 is 0. The SMILES string of the molecule is C=Cc1cc(OC)c(OC)cc1-c1ccc2cc(OC)c(OC)cc2c1C. The summed E-state index contributed by atoms with van der Waals surface area (Å²) in [6.45, 7) is 6.06. The minimum Gasteiger partial charge on any atom is -0.493 e. The van der Waals surface area contributed by atoms with E-state index in [1.807, 2.05) is 30.3 Å². The second-order valence-electron chi connectivity index (χ2n) is 6.17. The van der Waals surface area contributed by atoms with E-state index >= 15 is 0 Å². The van der Waals surface area contributed by atoms with Gasteiger partial charge in [-0.25, -0.2) is 0 Å². The van der Waals surface area contributed by atoms with Crippen molar-refractivity contribution in [2.24, 2.45) is 0 Å². The number of hydrogen-bond acceptors (Lipinski definition) is 4. The Kier molecular flexibility index (Phi) is 5.26. The molecular weight excluding hydrogens is 340 g/mol. The lowest BCUT2D eigenvalue weighted by molar-refractivity contribution is 0.355. The fourth-order valence-electron chi connectivity index (χ4n) is 3.39. The number of hydrogen-bond donors (Lipinski definition) is 0. The predicted molar refractivity (Wildman–Crippen MR) is 110 cm³/mol. The Bertz CT molecular complexity index is 1010. The molecule has 0 aliphatic rings. The second kappa shape index (κ2) is 7.62. The molecule has 0 unspecified atom stereocenters. The third kappa shape index (κ3) is 3.19. The molecule has 0 spiro atoms. The van der Waals surface area contributed by atoms with Gasteiger partial charge in [-0.1, -0.05) is 24.8 Å². The van der Waals surface area contributed by atoms with E-state index in [1.54, 1.807) is 28.4 Å². The summed E-state index contributed by atoms with van der Waals surface area (Å²) in [6.07, 6.45) is 1.83. The molecular formula is C23H24O4. The predicted octanol–water partition coefficient (Wildman–Crippen LogP) is 5.49. The van der Waals surface area contributed by atoms with Crippen molar-refractivity contribution in [2.45, 2.75) is 6.92 Å². The number of ether oxygens (including phenoxy) is 4. The molecule has 27 heavy (non-hydrogen) atoms. The highest BCUT2D eigenvalue weighted by molar-refractivity contribution is 5.95. The maximum Gasteiger partial charge on any atom is 0.161 e. The van der Waals surface area contributed by atoms with Crippen LogP contribution in [0.1, 0.15) is 11.1 Å². The van der Waals surface area contributed by atoms with Crippen LogP contribution < -0.4 is 18.9 Å². The third-order valence-corrected chi connectivity index (χ3v) is 4.86. The first-order valence-corrected chi connectivity index (χ1v) is 8.62. The van der Waals surface area contributed by atoms with E-state index in [4.69, 9.17) is 18.9 Å². The van der Waals surface area contributed by atoms with Gasteiger partial charge in [0.15, 0.2) is 23.0 Å². The van der Waals surface area contributed by atoms with Crippen molar-refractivity contribution in [1.82, 2.24) is 0 Å². The third-order valence-electron chi connectivity index (χ3n) is 4.86. The number of benzene rings is 3. The Labute approximate surface area is 159 Å². The van der Waals surface area contributed by atoms with Crippen LogP contribution in [0, 0.1) is 6.92 Å². The van der Waals surface area contributed by atoms with E-state index in [9.17, 15) is 0 Å². The standard InChI is InChI=1S/C23H24O4/c1-7-15-10-20(24-3)23(27-6)13-19(15)17-9-8-16-11-21(25-4)22(26-5)12-18(16)14(17)2/h7-13H,1H2,2-6H3. The molecule has 0 amide bonds. The number of aryl methyl sites for hydroxylation is 1. The van der Waals surface area contributed by atoms with Crippen molar-refractivity contribution >= 4 is 16.8 Å². The van der Waals surface area contributed by atoms with Crippen LogP contribution in [0.2, 0.25) is 0 Å². The summed E-state index contributed by atoms with van der Waals surface area (Å²) in [5.41, 5.74) is 4.27. The van der Waals surface area contributed by atoms with Gasteiger partial charge in [-0.3, -0.25) is 0 Å². The lowest BCUT2D eigenvalue weighted by Crippen LogP contribution is -1.96. The van der Waals surface area contributed by atoms with Crippen LogP contribution in [0.15, 0.2) is 43.0 Å². The van der Waals surface area contributed by atoms with Crippen LogP contribution in [-0.4, -0.2) is 28.4 Å². The highest BCUT2D eigenvalue weighted by atomic mass is 16.5. The summed E-state index contributed by atoms with van der Waals surface area (Å²) in [4.78, 5) is 0. The van der Waals surface area contributed by atoms with E-state index in [0.717, 1.165) is 38.8 Å². The molecule has 140 valence electrons. The van der Waals surface area contributed by atoms with Crippen molar-refractivity contribution in [3.05, 3.63) is 54.1 Å². The molecule has 0 saturated carbocycles. The molecule has 0 bridgehead atoms. The average Bonchev–Trinajstić information content (AvgIpc) is 2.72. The summed E-state index contributed by atoms with van der Waals surface area (Å²) in [5, 5.41) is 2.20. The zero-order valence-corrected chi connectivity index (χ0v) is 16.4. The molecule has 0 saturated heterocycles. The fraction of sp³-hybridized carbons (Fsp3) is 0.217. The van der Waals surface area contributed by atoms with Gasteiger partial charge >= 0.3 is 0 Å². The van der Waals surface area contributed by atoms with E-state index < -0.39 is 0 Å². The highest BCUT2D eigenvalue weighted by Crippen LogP contribution is 2.41. The van der Waals surface area contributed by atoms with Crippen molar-refractivity contribution in [2.75, 3.05) is 28.4 Å². The molecule has 4 nitrogen and oxygen atoms in total. The number of fused-ring (bicyclic) bond motifs is 1. The molecule has 4 heteroatoms. The summed E-state index contributed by atoms with van der Waals surface area (Å²) in [5.74, 6) is 2.79. The Morgan fingerprint density at radius 3 is 1.85 bits per heavy atom. The monoisotopic (exact) mass is 364 g/mol. The zero-order valence-electron chi connectivity index (χ0n) is 16.4. The van der Waals surface area contributed by atoms with Crippen LogP contribution >= 0.6 is 0 Å². The van der Waals surface area contributed by atoms with Crippen molar-refractivity contribution in [3.63, 3.8) is 0 Å². The minimum absolute atomic E-state index is 0.681. The van der Waals surface area contributed by atoms with Crippen LogP contribution in [0.3, 0.4) is 0 Å². The first-order valence-electron chi connectivity index (χ1n) is 8.62.